The summed E-state index contributed by atoms with van der Waals surface area (Å²) in [6.07, 6.45) is 1.53. The molecule has 0 radical (unpaired) electrons. The van der Waals surface area contributed by atoms with Gasteiger partial charge in [-0.25, -0.2) is 13.2 Å². The van der Waals surface area contributed by atoms with Crippen LogP contribution in [0.15, 0.2) is 56.6 Å². The molecule has 30 heavy (non-hydrogen) atoms. The van der Waals surface area contributed by atoms with Crippen molar-refractivity contribution in [1.29, 1.82) is 0 Å². The molecular weight excluding hydrogens is 412 g/mol. The first kappa shape index (κ1) is 20.0. The minimum absolute atomic E-state index is 0.116. The van der Waals surface area contributed by atoms with E-state index in [0.29, 0.717) is 18.5 Å². The van der Waals surface area contributed by atoms with Gasteiger partial charge in [0.05, 0.1) is 9.82 Å². The van der Waals surface area contributed by atoms with Crippen LogP contribution in [0.25, 0.3) is 11.0 Å². The average molecular weight is 430 g/mol. The van der Waals surface area contributed by atoms with Crippen molar-refractivity contribution in [2.45, 2.75) is 24.7 Å². The quantitative estimate of drug-likeness (QED) is 0.345. The SMILES string of the molecule is Cc1cc(=O)oc2cc(Oc3ccc(S(=O)(=O)N4CCCC4)cc3[N+](=O)[O-])ccc12. The lowest BCUT2D eigenvalue weighted by molar-refractivity contribution is -0.385. The Labute approximate surface area is 171 Å². The van der Waals surface area contributed by atoms with Crippen LogP contribution in [0, 0.1) is 17.0 Å². The Balaban J connectivity index is 1.72. The van der Waals surface area contributed by atoms with E-state index in [4.69, 9.17) is 9.15 Å². The van der Waals surface area contributed by atoms with E-state index in [-0.39, 0.29) is 22.0 Å². The summed E-state index contributed by atoms with van der Waals surface area (Å²) in [5.41, 5.74) is 0.0318. The van der Waals surface area contributed by atoms with Gasteiger partial charge in [-0.15, -0.1) is 0 Å². The first-order valence-corrected chi connectivity index (χ1v) is 10.7. The normalized spacial score (nSPS) is 14.8. The second-order valence-corrected chi connectivity index (χ2v) is 8.94. The number of hydrogen-bond acceptors (Lipinski definition) is 7. The van der Waals surface area contributed by atoms with Crippen LogP contribution in [0.5, 0.6) is 11.5 Å². The van der Waals surface area contributed by atoms with E-state index in [2.05, 4.69) is 0 Å². The van der Waals surface area contributed by atoms with Crippen molar-refractivity contribution in [1.82, 2.24) is 4.31 Å². The molecule has 0 amide bonds. The Morgan fingerprint density at radius 2 is 1.83 bits per heavy atom. The Morgan fingerprint density at radius 1 is 1.10 bits per heavy atom. The second kappa shape index (κ2) is 7.54. The molecular formula is C20H18N2O7S. The highest BCUT2D eigenvalue weighted by molar-refractivity contribution is 7.89. The number of fused-ring (bicyclic) bond motifs is 1. The Hall–Kier alpha value is -3.24. The molecule has 156 valence electrons. The van der Waals surface area contributed by atoms with E-state index in [9.17, 15) is 23.3 Å². The zero-order valence-corrected chi connectivity index (χ0v) is 16.8. The molecule has 0 saturated carbocycles. The van der Waals surface area contributed by atoms with Crippen molar-refractivity contribution in [2.75, 3.05) is 13.1 Å². The Kier molecular flexibility index (Phi) is 5.04. The summed E-state index contributed by atoms with van der Waals surface area (Å²) in [4.78, 5) is 22.3. The number of rotatable bonds is 5. The molecule has 9 nitrogen and oxygen atoms in total. The minimum atomic E-state index is -3.80. The van der Waals surface area contributed by atoms with Crippen molar-refractivity contribution in [3.05, 3.63) is 68.6 Å². The van der Waals surface area contributed by atoms with Gasteiger partial charge in [0.1, 0.15) is 11.3 Å². The molecule has 1 fully saturated rings. The zero-order chi connectivity index (χ0) is 21.5. The van der Waals surface area contributed by atoms with Gasteiger partial charge in [-0.1, -0.05) is 0 Å². The summed E-state index contributed by atoms with van der Waals surface area (Å²) in [5, 5.41) is 12.3. The van der Waals surface area contributed by atoms with E-state index in [1.165, 1.54) is 28.6 Å². The fourth-order valence-electron chi connectivity index (χ4n) is 3.46. The predicted octanol–water partition coefficient (Wildman–Crippen LogP) is 3.59. The van der Waals surface area contributed by atoms with Crippen LogP contribution in [0.3, 0.4) is 0 Å². The first-order chi connectivity index (χ1) is 14.3. The summed E-state index contributed by atoms with van der Waals surface area (Å²) < 4.78 is 37.5. The van der Waals surface area contributed by atoms with E-state index in [1.54, 1.807) is 19.1 Å². The molecule has 2 aromatic carbocycles. The standard InChI is InChI=1S/C20H18N2O7S/c1-13-10-20(23)29-19-11-14(4-6-16(13)19)28-18-7-5-15(12-17(18)22(24)25)30(26,27)21-8-2-3-9-21/h4-7,10-12H,2-3,8-9H2,1H3. The second-order valence-electron chi connectivity index (χ2n) is 7.01. The molecule has 1 aromatic heterocycles. The summed E-state index contributed by atoms with van der Waals surface area (Å²) in [5.74, 6) is 0.101. The van der Waals surface area contributed by atoms with Gasteiger partial charge < -0.3 is 9.15 Å². The minimum Gasteiger partial charge on any atom is -0.450 e. The molecule has 0 aliphatic carbocycles. The maximum Gasteiger partial charge on any atom is 0.336 e. The van der Waals surface area contributed by atoms with Gasteiger partial charge in [0, 0.05) is 36.7 Å². The highest BCUT2D eigenvalue weighted by Gasteiger charge is 2.30. The van der Waals surface area contributed by atoms with Gasteiger partial charge in [0.2, 0.25) is 15.8 Å². The van der Waals surface area contributed by atoms with Crippen LogP contribution in [-0.2, 0) is 10.0 Å². The molecule has 0 N–H and O–H groups in total. The topological polar surface area (TPSA) is 120 Å². The number of sulfonamides is 1. The number of aryl methyl sites for hydroxylation is 1. The van der Waals surface area contributed by atoms with E-state index < -0.39 is 26.3 Å². The summed E-state index contributed by atoms with van der Waals surface area (Å²) in [6, 6.07) is 9.66. The molecule has 1 aliphatic rings. The van der Waals surface area contributed by atoms with Crippen molar-refractivity contribution < 1.29 is 22.5 Å². The van der Waals surface area contributed by atoms with Gasteiger partial charge in [-0.3, -0.25) is 10.1 Å². The molecule has 0 atom stereocenters. The molecule has 1 saturated heterocycles. The number of ether oxygens (including phenoxy) is 1. The third kappa shape index (κ3) is 3.66. The van der Waals surface area contributed by atoms with Crippen molar-refractivity contribution in [3.8, 4) is 11.5 Å². The van der Waals surface area contributed by atoms with E-state index >= 15 is 0 Å². The van der Waals surface area contributed by atoms with Gasteiger partial charge in [0.15, 0.2) is 0 Å². The predicted molar refractivity (Wildman–Crippen MR) is 108 cm³/mol. The summed E-state index contributed by atoms with van der Waals surface area (Å²) >= 11 is 0. The molecule has 0 spiro atoms. The lowest BCUT2D eigenvalue weighted by Crippen LogP contribution is -2.27. The molecule has 1 aliphatic heterocycles. The molecule has 0 unspecified atom stereocenters. The fourth-order valence-corrected chi connectivity index (χ4v) is 5.00. The van der Waals surface area contributed by atoms with Gasteiger partial charge in [0.25, 0.3) is 0 Å². The number of nitrogens with zero attached hydrogens (tertiary/aromatic N) is 2. The average Bonchev–Trinajstić information content (AvgIpc) is 3.23. The van der Waals surface area contributed by atoms with Crippen LogP contribution in [-0.4, -0.2) is 30.7 Å². The largest absolute Gasteiger partial charge is 0.450 e. The lowest BCUT2D eigenvalue weighted by Gasteiger charge is -2.16. The maximum absolute atomic E-state index is 12.7. The summed E-state index contributed by atoms with van der Waals surface area (Å²) in [6.45, 7) is 2.57. The highest BCUT2D eigenvalue weighted by atomic mass is 32.2. The number of nitro groups is 1. The number of nitro benzene ring substituents is 1. The van der Waals surface area contributed by atoms with Crippen LogP contribution in [0.2, 0.25) is 0 Å². The molecule has 2 heterocycles. The van der Waals surface area contributed by atoms with E-state index in [0.717, 1.165) is 24.5 Å². The zero-order valence-electron chi connectivity index (χ0n) is 16.0. The molecule has 10 heteroatoms. The monoisotopic (exact) mass is 430 g/mol. The van der Waals surface area contributed by atoms with Crippen LogP contribution >= 0.6 is 0 Å². The molecule has 3 aromatic rings. The van der Waals surface area contributed by atoms with Gasteiger partial charge >= 0.3 is 11.3 Å². The third-order valence-electron chi connectivity index (χ3n) is 4.98. The summed E-state index contributed by atoms with van der Waals surface area (Å²) in [7, 11) is -3.80. The van der Waals surface area contributed by atoms with Gasteiger partial charge in [-0.05, 0) is 49.6 Å². The third-order valence-corrected chi connectivity index (χ3v) is 6.88. The molecule has 4 rings (SSSR count). The fraction of sp³-hybridized carbons (Fsp3) is 0.250. The van der Waals surface area contributed by atoms with E-state index in [1.807, 2.05) is 0 Å². The van der Waals surface area contributed by atoms with Crippen molar-refractivity contribution in [2.24, 2.45) is 0 Å². The van der Waals surface area contributed by atoms with Crippen molar-refractivity contribution in [3.63, 3.8) is 0 Å². The van der Waals surface area contributed by atoms with Gasteiger partial charge in [-0.2, -0.15) is 4.31 Å². The Morgan fingerprint density at radius 3 is 2.53 bits per heavy atom. The lowest BCUT2D eigenvalue weighted by atomic mass is 10.1. The number of hydrogen-bond donors (Lipinski definition) is 0. The smallest absolute Gasteiger partial charge is 0.336 e. The highest BCUT2D eigenvalue weighted by Crippen LogP contribution is 2.35. The van der Waals surface area contributed by atoms with Crippen LogP contribution < -0.4 is 10.4 Å². The van der Waals surface area contributed by atoms with Crippen LogP contribution in [0.4, 0.5) is 5.69 Å². The van der Waals surface area contributed by atoms with Crippen LogP contribution in [0.1, 0.15) is 18.4 Å². The maximum atomic E-state index is 12.7. The first-order valence-electron chi connectivity index (χ1n) is 9.27. The molecule has 0 bridgehead atoms. The van der Waals surface area contributed by atoms with Crippen molar-refractivity contribution >= 4 is 26.7 Å². The number of benzene rings is 2. The Bertz CT molecular complexity index is 1310.